The first-order valence-electron chi connectivity index (χ1n) is 35.3. The van der Waals surface area contributed by atoms with Crippen molar-refractivity contribution in [2.24, 2.45) is 63.4 Å². The SMILES string of the molecule is Cc1ccc2c(oc3ccccc32)c1-c1n(C)c2ccccc2[n+]1C.Cc1ccc2c(oc3ccccc32)c1-c1n(C)cc[n+]1C.Cc1ccc2c(oc3ncccc32)c1-c1n(C)c2ccccc2[n+]1C.Cc1ccc2c(oc3ncccc32)c1-c1n(C)cc[n+]1C.Cc1ccccc1-n1ccc[n+]1C. The van der Waals surface area contributed by atoms with Gasteiger partial charge in [-0.05, 0) is 129 Å². The number of imidazole rings is 4. The topological polar surface area (TPSA) is 122 Å². The fourth-order valence-electron chi connectivity index (χ4n) is 15.4. The Balaban J connectivity index is 0.000000102. The third-order valence-corrected chi connectivity index (χ3v) is 20.7. The monoisotopic (exact) mass is 1380 g/mol. The zero-order chi connectivity index (χ0) is 72.6. The van der Waals surface area contributed by atoms with Crippen molar-refractivity contribution in [2.45, 2.75) is 34.6 Å². The number of furan rings is 4. The number of hydrogen-bond donors (Lipinski definition) is 0. The van der Waals surface area contributed by atoms with Crippen molar-refractivity contribution in [3.8, 4) is 51.2 Å². The highest BCUT2D eigenvalue weighted by Gasteiger charge is 2.31. The molecule has 9 aromatic carbocycles. The van der Waals surface area contributed by atoms with E-state index in [-0.39, 0.29) is 0 Å². The number of aryl methyl sites for hydroxylation is 14. The van der Waals surface area contributed by atoms with E-state index in [0.717, 1.165) is 95.0 Å². The highest BCUT2D eigenvalue weighted by atomic mass is 16.3. The predicted octanol–water partition coefficient (Wildman–Crippen LogP) is 17.6. The molecule has 0 unspecified atom stereocenters. The Labute approximate surface area is 607 Å². The molecule has 0 spiro atoms. The average molecular weight is 1380 g/mol. The van der Waals surface area contributed by atoms with Crippen LogP contribution in [0.2, 0.25) is 0 Å². The summed E-state index contributed by atoms with van der Waals surface area (Å²) in [6, 6.07) is 69.0. The van der Waals surface area contributed by atoms with Gasteiger partial charge in [0, 0.05) is 61.5 Å². The normalized spacial score (nSPS) is 11.5. The van der Waals surface area contributed by atoms with Crippen LogP contribution in [-0.4, -0.2) is 32.9 Å². The van der Waals surface area contributed by atoms with E-state index < -0.39 is 0 Å². The highest BCUT2D eigenvalue weighted by molar-refractivity contribution is 6.12. The van der Waals surface area contributed by atoms with Crippen LogP contribution < -0.4 is 23.0 Å². The van der Waals surface area contributed by atoms with Gasteiger partial charge in [0.2, 0.25) is 11.4 Å². The van der Waals surface area contributed by atoms with Gasteiger partial charge in [0.15, 0.2) is 57.6 Å². The first-order chi connectivity index (χ1) is 50.9. The standard InChI is InChI=1S/C22H19N2O.C21H18N3O.C18H17N2O.C17H16N3O.C11H13N2/c1-14-12-13-16-15-8-4-7-11-19(15)25-21(16)20(14)22-23(2)17-9-5-6-10-18(17)24(22)3;1-13-10-11-14-15-7-6-12-22-20(15)25-19(14)18(13)21-23(2)16-8-4-5-9-17(16)24(21)3;1-12-8-9-14-13-6-4-5-7-15(13)21-17(14)16(12)18-19(2)10-11-20(18)3;1-11-6-7-12-13-5-4-8-18-16(13)21-15(12)14(11)17-19(2)9-10-20(17)3;1-10-6-3-4-7-11(10)13-9-5-8-12(13)2/h4-13H,1-3H3;4-12H,1-3H3;4-11H,1-3H3;4-10H,1-3H3;3-9H,1-2H3/q5*+1. The predicted molar refractivity (Wildman–Crippen MR) is 418 cm³/mol. The molecule has 0 N–H and O–H groups in total. The van der Waals surface area contributed by atoms with E-state index >= 15 is 0 Å². The molecule has 16 heteroatoms. The number of hydrogen-bond acceptors (Lipinski definition) is 6. The summed E-state index contributed by atoms with van der Waals surface area (Å²) in [7, 11) is 18.7. The fourth-order valence-corrected chi connectivity index (χ4v) is 15.4. The van der Waals surface area contributed by atoms with Crippen molar-refractivity contribution in [1.82, 2.24) is 32.9 Å². The van der Waals surface area contributed by atoms with E-state index in [4.69, 9.17) is 17.7 Å². The van der Waals surface area contributed by atoms with E-state index in [2.05, 4.69) is 336 Å². The van der Waals surface area contributed by atoms with Gasteiger partial charge < -0.3 is 17.7 Å². The van der Waals surface area contributed by atoms with Crippen LogP contribution in [0, 0.1) is 34.6 Å². The van der Waals surface area contributed by atoms with Crippen LogP contribution in [0.1, 0.15) is 27.8 Å². The molecule has 0 aliphatic heterocycles. The van der Waals surface area contributed by atoms with Crippen molar-refractivity contribution in [3.05, 3.63) is 278 Å². The van der Waals surface area contributed by atoms with Crippen molar-refractivity contribution in [2.75, 3.05) is 0 Å². The van der Waals surface area contributed by atoms with Crippen LogP contribution in [0.3, 0.4) is 0 Å². The number of fused-ring (bicyclic) bond motifs is 14. The molecule has 16 nitrogen and oxygen atoms in total. The quantitative estimate of drug-likeness (QED) is 0.158. The molecular formula is C89H83N12O4+5. The van der Waals surface area contributed by atoms with Gasteiger partial charge in [0.25, 0.3) is 23.3 Å². The summed E-state index contributed by atoms with van der Waals surface area (Å²) in [6.45, 7) is 10.7. The minimum absolute atomic E-state index is 0.686. The molecule has 0 atom stereocenters. The third-order valence-electron chi connectivity index (χ3n) is 20.7. The van der Waals surface area contributed by atoms with Gasteiger partial charge in [0.05, 0.1) is 62.6 Å². The van der Waals surface area contributed by atoms with Crippen LogP contribution in [0.15, 0.2) is 267 Å². The number of benzene rings is 9. The third kappa shape index (κ3) is 11.4. The molecule has 0 aliphatic rings. The fraction of sp³-hybridized carbons (Fsp3) is 0.157. The lowest BCUT2D eigenvalue weighted by Gasteiger charge is -2.04. The Morgan fingerprint density at radius 3 is 1.09 bits per heavy atom. The number of nitrogens with zero attached hydrogens (tertiary/aromatic N) is 12. The summed E-state index contributed by atoms with van der Waals surface area (Å²) in [4.78, 5) is 8.73. The minimum Gasteiger partial charge on any atom is -0.455 e. The van der Waals surface area contributed by atoms with Crippen LogP contribution in [0.4, 0.5) is 0 Å². The van der Waals surface area contributed by atoms with Gasteiger partial charge in [-0.3, -0.25) is 0 Å². The molecule has 20 rings (SSSR count). The van der Waals surface area contributed by atoms with Gasteiger partial charge in [-0.15, -0.1) is 9.36 Å². The number of pyridine rings is 2. The Morgan fingerprint density at radius 1 is 0.314 bits per heavy atom. The van der Waals surface area contributed by atoms with E-state index in [1.807, 2.05) is 55.7 Å². The van der Waals surface area contributed by atoms with Crippen molar-refractivity contribution in [3.63, 3.8) is 0 Å². The molecule has 20 aromatic rings. The summed E-state index contributed by atoms with van der Waals surface area (Å²) in [5, 5.41) is 9.01. The number of rotatable bonds is 5. The summed E-state index contributed by atoms with van der Waals surface area (Å²) in [6.07, 6.45) is 15.9. The molecular weight excluding hydrogens is 1300 g/mol. The maximum Gasteiger partial charge on any atom is 0.293 e. The second-order valence-electron chi connectivity index (χ2n) is 27.4. The largest absolute Gasteiger partial charge is 0.455 e. The molecule has 0 fully saturated rings. The smallest absolute Gasteiger partial charge is 0.293 e. The van der Waals surface area contributed by atoms with Crippen molar-refractivity contribution < 1.29 is 40.6 Å². The van der Waals surface area contributed by atoms with E-state index in [1.54, 1.807) is 12.4 Å². The van der Waals surface area contributed by atoms with Crippen LogP contribution >= 0.6 is 0 Å². The molecule has 0 aliphatic carbocycles. The van der Waals surface area contributed by atoms with E-state index in [1.165, 1.54) is 82.7 Å². The van der Waals surface area contributed by atoms with Crippen LogP contribution in [0.25, 0.3) is 161 Å². The van der Waals surface area contributed by atoms with E-state index in [0.29, 0.717) is 11.4 Å². The molecule has 0 bridgehead atoms. The molecule has 0 saturated carbocycles. The van der Waals surface area contributed by atoms with E-state index in [9.17, 15) is 0 Å². The molecule has 105 heavy (non-hydrogen) atoms. The first-order valence-corrected chi connectivity index (χ1v) is 35.3. The van der Waals surface area contributed by atoms with Crippen molar-refractivity contribution in [1.29, 1.82) is 0 Å². The maximum atomic E-state index is 6.30. The lowest BCUT2D eigenvalue weighted by atomic mass is 10.0. The summed E-state index contributed by atoms with van der Waals surface area (Å²) in [5.41, 5.74) is 23.7. The zero-order valence-corrected chi connectivity index (χ0v) is 61.7. The lowest BCUT2D eigenvalue weighted by molar-refractivity contribution is -0.744. The van der Waals surface area contributed by atoms with Gasteiger partial charge in [-0.25, -0.2) is 46.5 Å². The molecule has 11 heterocycles. The Hall–Kier alpha value is -13.0. The molecule has 0 amide bonds. The van der Waals surface area contributed by atoms with Gasteiger partial charge in [0.1, 0.15) is 63.9 Å². The first kappa shape index (κ1) is 66.6. The second kappa shape index (κ2) is 26.8. The highest BCUT2D eigenvalue weighted by Crippen LogP contribution is 2.42. The molecule has 11 aromatic heterocycles. The molecule has 0 saturated heterocycles. The Bertz CT molecular complexity index is 6270. The van der Waals surface area contributed by atoms with Crippen LogP contribution in [-0.2, 0) is 63.4 Å². The van der Waals surface area contributed by atoms with Crippen molar-refractivity contribution >= 4 is 110 Å². The van der Waals surface area contributed by atoms with Crippen LogP contribution in [0.5, 0.6) is 0 Å². The van der Waals surface area contributed by atoms with Gasteiger partial charge in [-0.2, -0.15) is 0 Å². The Morgan fingerprint density at radius 2 is 0.686 bits per heavy atom. The zero-order valence-electron chi connectivity index (χ0n) is 61.7. The Kier molecular flexibility index (Phi) is 17.0. The lowest BCUT2D eigenvalue weighted by Crippen LogP contribution is -2.36. The number of para-hydroxylation sites is 7. The summed E-state index contributed by atoms with van der Waals surface area (Å²) in [5.74, 6) is 4.56. The maximum absolute atomic E-state index is 6.30. The molecule has 0 radical (unpaired) electrons. The second-order valence-corrected chi connectivity index (χ2v) is 27.4. The summed E-state index contributed by atoms with van der Waals surface area (Å²) >= 11 is 0. The van der Waals surface area contributed by atoms with Gasteiger partial charge in [-0.1, -0.05) is 127 Å². The van der Waals surface area contributed by atoms with Gasteiger partial charge >= 0.3 is 0 Å². The number of aromatic nitrogens is 12. The molecule has 518 valence electrons. The minimum atomic E-state index is 0.686. The average Bonchev–Trinajstić information content (AvgIpc) is 1.60. The summed E-state index contributed by atoms with van der Waals surface area (Å²) < 4.78 is 46.4.